The Kier molecular flexibility index (Phi) is 5.19. The summed E-state index contributed by atoms with van der Waals surface area (Å²) < 4.78 is 56.8. The highest BCUT2D eigenvalue weighted by Crippen LogP contribution is 2.47. The van der Waals surface area contributed by atoms with Gasteiger partial charge in [-0.25, -0.2) is 17.2 Å². The predicted octanol–water partition coefficient (Wildman–Crippen LogP) is 3.00. The van der Waals surface area contributed by atoms with Crippen LogP contribution in [-0.2, 0) is 28.4 Å². The van der Waals surface area contributed by atoms with Gasteiger partial charge in [-0.05, 0) is 32.1 Å². The van der Waals surface area contributed by atoms with Gasteiger partial charge in [-0.15, -0.1) is 0 Å². The Labute approximate surface area is 154 Å². The molecule has 1 heterocycles. The van der Waals surface area contributed by atoms with Crippen LogP contribution < -0.4 is 5.48 Å². The van der Waals surface area contributed by atoms with Gasteiger partial charge in [0.1, 0.15) is 23.0 Å². The molecule has 0 saturated carbocycles. The number of carbonyl (C=O) groups is 1. The van der Waals surface area contributed by atoms with Gasteiger partial charge in [-0.1, -0.05) is 24.2 Å². The molecule has 142 valence electrons. The Morgan fingerprint density at radius 1 is 1.35 bits per heavy atom. The lowest BCUT2D eigenvalue weighted by Crippen LogP contribution is -2.38. The highest BCUT2D eigenvalue weighted by Gasteiger charge is 2.55. The van der Waals surface area contributed by atoms with Crippen LogP contribution in [0.25, 0.3) is 0 Å². The van der Waals surface area contributed by atoms with E-state index in [1.165, 1.54) is 6.08 Å². The number of rotatable bonds is 5. The maximum atomic E-state index is 14.4. The molecule has 1 unspecified atom stereocenters. The summed E-state index contributed by atoms with van der Waals surface area (Å²) in [7, 11) is -4.78. The van der Waals surface area contributed by atoms with E-state index >= 15 is 0 Å². The van der Waals surface area contributed by atoms with Gasteiger partial charge in [0.05, 0.1) is 5.56 Å². The van der Waals surface area contributed by atoms with Crippen LogP contribution in [-0.4, -0.2) is 20.0 Å². The van der Waals surface area contributed by atoms with E-state index in [2.05, 4.69) is 12.1 Å². The van der Waals surface area contributed by atoms with Crippen molar-refractivity contribution in [3.63, 3.8) is 0 Å². The lowest BCUT2D eigenvalue weighted by atomic mass is 10.1. The zero-order valence-corrected chi connectivity index (χ0v) is 15.7. The first-order chi connectivity index (χ1) is 11.8. The van der Waals surface area contributed by atoms with Gasteiger partial charge in [-0.3, -0.25) is 15.1 Å². The molecule has 0 aliphatic carbocycles. The molecule has 0 radical (unpaired) electrons. The van der Waals surface area contributed by atoms with Crippen molar-refractivity contribution in [1.82, 2.24) is 5.48 Å². The summed E-state index contributed by atoms with van der Waals surface area (Å²) in [6.07, 6.45) is 1.17. The number of nitrogens with one attached hydrogen (secondary N) is 1. The number of sulfone groups is 1. The SMILES string of the molecule is C=C(OC(C)=O)C(Cl)(c1c(F)cccc1F)S(=O)(=O)C1=CC(C)(C)ON1. The Hall–Kier alpha value is -1.97. The minimum Gasteiger partial charge on any atom is -0.428 e. The van der Waals surface area contributed by atoms with Crippen molar-refractivity contribution in [3.05, 3.63) is 58.8 Å². The Balaban J connectivity index is 2.78. The Bertz CT molecular complexity index is 893. The monoisotopic (exact) mass is 407 g/mol. The van der Waals surface area contributed by atoms with E-state index in [-0.39, 0.29) is 0 Å². The summed E-state index contributed by atoms with van der Waals surface area (Å²) in [4.78, 5) is 16.4. The predicted molar refractivity (Wildman–Crippen MR) is 90.1 cm³/mol. The molecule has 0 fully saturated rings. The number of hydrogen-bond donors (Lipinski definition) is 1. The molecule has 10 heteroatoms. The van der Waals surface area contributed by atoms with Gasteiger partial charge >= 0.3 is 5.97 Å². The molecule has 0 spiro atoms. The van der Waals surface area contributed by atoms with Crippen LogP contribution in [0.3, 0.4) is 0 Å². The summed E-state index contributed by atoms with van der Waals surface area (Å²) in [6.45, 7) is 7.37. The molecule has 0 saturated heterocycles. The van der Waals surface area contributed by atoms with E-state index in [4.69, 9.17) is 21.2 Å². The summed E-state index contributed by atoms with van der Waals surface area (Å²) in [5, 5.41) is -0.548. The lowest BCUT2D eigenvalue weighted by Gasteiger charge is -2.29. The number of esters is 1. The maximum Gasteiger partial charge on any atom is 0.307 e. The molecular weight excluding hydrogens is 392 g/mol. The summed E-state index contributed by atoms with van der Waals surface area (Å²) in [5.41, 5.74) is 0.0995. The molecule has 0 bridgehead atoms. The maximum absolute atomic E-state index is 14.4. The first-order valence-corrected chi connectivity index (χ1v) is 9.12. The molecule has 26 heavy (non-hydrogen) atoms. The normalized spacial score (nSPS) is 18.5. The van der Waals surface area contributed by atoms with Crippen LogP contribution in [0.5, 0.6) is 0 Å². The third-order valence-corrected chi connectivity index (χ3v) is 6.42. The molecule has 1 aromatic carbocycles. The number of carbonyl (C=O) groups excluding carboxylic acids is 1. The van der Waals surface area contributed by atoms with E-state index < -0.39 is 53.6 Å². The quantitative estimate of drug-likeness (QED) is 0.459. The van der Waals surface area contributed by atoms with Crippen LogP contribution in [0.1, 0.15) is 26.3 Å². The van der Waals surface area contributed by atoms with Gasteiger partial charge in [0.25, 0.3) is 0 Å². The summed E-state index contributed by atoms with van der Waals surface area (Å²) >= 11 is 6.25. The minimum atomic E-state index is -4.78. The zero-order valence-electron chi connectivity index (χ0n) is 14.1. The van der Waals surface area contributed by atoms with Crippen molar-refractivity contribution in [2.24, 2.45) is 0 Å². The fourth-order valence-electron chi connectivity index (χ4n) is 2.31. The molecule has 0 amide bonds. The second kappa shape index (κ2) is 6.64. The topological polar surface area (TPSA) is 81.7 Å². The van der Waals surface area contributed by atoms with Gasteiger partial charge in [0, 0.05) is 6.92 Å². The van der Waals surface area contributed by atoms with Crippen LogP contribution in [0.4, 0.5) is 8.78 Å². The smallest absolute Gasteiger partial charge is 0.307 e. The third-order valence-electron chi connectivity index (χ3n) is 3.46. The fraction of sp³-hybridized carbons (Fsp3) is 0.312. The number of hydroxylamine groups is 1. The van der Waals surface area contributed by atoms with Crippen molar-refractivity contribution in [2.75, 3.05) is 0 Å². The van der Waals surface area contributed by atoms with E-state index in [1.807, 2.05) is 0 Å². The lowest BCUT2D eigenvalue weighted by molar-refractivity contribution is -0.137. The summed E-state index contributed by atoms with van der Waals surface area (Å²) in [5.74, 6) is -4.34. The van der Waals surface area contributed by atoms with Crippen molar-refractivity contribution >= 4 is 27.4 Å². The van der Waals surface area contributed by atoms with Crippen LogP contribution in [0, 0.1) is 11.6 Å². The number of alkyl halides is 1. The van der Waals surface area contributed by atoms with Gasteiger partial charge < -0.3 is 4.74 Å². The highest BCUT2D eigenvalue weighted by molar-refractivity contribution is 7.97. The van der Waals surface area contributed by atoms with E-state index in [9.17, 15) is 22.0 Å². The second-order valence-electron chi connectivity index (χ2n) is 6.03. The van der Waals surface area contributed by atoms with Gasteiger partial charge in [0.2, 0.25) is 14.0 Å². The molecule has 1 atom stereocenters. The van der Waals surface area contributed by atoms with Crippen molar-refractivity contribution < 1.29 is 31.6 Å². The molecule has 1 N–H and O–H groups in total. The average Bonchev–Trinajstić information content (AvgIpc) is 2.86. The van der Waals surface area contributed by atoms with Crippen LogP contribution in [0.2, 0.25) is 0 Å². The second-order valence-corrected chi connectivity index (χ2v) is 8.88. The van der Waals surface area contributed by atoms with E-state index in [1.54, 1.807) is 13.8 Å². The molecule has 2 rings (SSSR count). The molecule has 6 nitrogen and oxygen atoms in total. The standard InChI is InChI=1S/C16H16ClF2NO5S/c1-9(24-10(2)21)16(17,14-11(18)6-5-7-12(14)19)26(22,23)13-8-15(3,4)25-20-13/h5-8,20H,1H2,2-4H3. The van der Waals surface area contributed by atoms with Crippen LogP contribution >= 0.6 is 11.6 Å². The van der Waals surface area contributed by atoms with E-state index in [0.717, 1.165) is 25.1 Å². The fourth-order valence-corrected chi connectivity index (χ4v) is 4.48. The zero-order chi connectivity index (χ0) is 19.9. The minimum absolute atomic E-state index is 0.548. The average molecular weight is 408 g/mol. The Morgan fingerprint density at radius 3 is 2.31 bits per heavy atom. The first kappa shape index (κ1) is 20.3. The number of ether oxygens (including phenoxy) is 1. The van der Waals surface area contributed by atoms with E-state index in [0.29, 0.717) is 0 Å². The first-order valence-electron chi connectivity index (χ1n) is 7.25. The largest absolute Gasteiger partial charge is 0.428 e. The van der Waals surface area contributed by atoms with Gasteiger partial charge in [0.15, 0.2) is 5.03 Å². The van der Waals surface area contributed by atoms with Crippen molar-refractivity contribution in [2.45, 2.75) is 30.6 Å². The number of hydrogen-bond acceptors (Lipinski definition) is 6. The highest BCUT2D eigenvalue weighted by atomic mass is 35.5. The van der Waals surface area contributed by atoms with Crippen molar-refractivity contribution in [1.29, 1.82) is 0 Å². The molecule has 0 aromatic heterocycles. The number of halogens is 3. The third kappa shape index (κ3) is 3.34. The number of benzene rings is 1. The summed E-state index contributed by atoms with van der Waals surface area (Å²) in [6, 6.07) is 2.68. The molecule has 1 aliphatic heterocycles. The van der Waals surface area contributed by atoms with Gasteiger partial charge in [-0.2, -0.15) is 0 Å². The molecule has 1 aliphatic rings. The van der Waals surface area contributed by atoms with Crippen molar-refractivity contribution in [3.8, 4) is 0 Å². The molecular formula is C16H16ClF2NO5S. The molecule has 1 aromatic rings. The van der Waals surface area contributed by atoms with Crippen LogP contribution in [0.15, 0.2) is 41.6 Å². The Morgan fingerprint density at radius 2 is 1.88 bits per heavy atom.